The molecule has 1 aliphatic carbocycles. The molecule has 0 unspecified atom stereocenters. The fourth-order valence-electron chi connectivity index (χ4n) is 3.94. The van der Waals surface area contributed by atoms with E-state index in [2.05, 4.69) is 109 Å². The number of halogens is 2. The van der Waals surface area contributed by atoms with E-state index < -0.39 is 0 Å². The van der Waals surface area contributed by atoms with Gasteiger partial charge in [-0.15, -0.1) is 46.2 Å². The molecule has 0 aliphatic heterocycles. The second-order valence-corrected chi connectivity index (χ2v) is 10.7. The van der Waals surface area contributed by atoms with Gasteiger partial charge in [-0.05, 0) is 10.8 Å². The Kier molecular flexibility index (Phi) is 13.1. The maximum absolute atomic E-state index is 3.30. The number of rotatable bonds is 3. The predicted molar refractivity (Wildman–Crippen MR) is 134 cm³/mol. The number of benzene rings is 2. The minimum atomic E-state index is 0. The first-order valence-corrected chi connectivity index (χ1v) is 11.5. The van der Waals surface area contributed by atoms with Crippen LogP contribution in [0.4, 0.5) is 0 Å². The quantitative estimate of drug-likeness (QED) is 0.432. The van der Waals surface area contributed by atoms with E-state index in [4.69, 9.17) is 0 Å². The number of hydrogen-bond acceptors (Lipinski definition) is 0. The number of fused-ring (bicyclic) bond motifs is 3. The largest absolute Gasteiger partial charge is 4.00 e. The van der Waals surface area contributed by atoms with E-state index in [0.717, 1.165) is 6.42 Å². The van der Waals surface area contributed by atoms with Crippen molar-refractivity contribution in [3.63, 3.8) is 0 Å². The van der Waals surface area contributed by atoms with E-state index >= 15 is 0 Å². The van der Waals surface area contributed by atoms with Gasteiger partial charge in [0, 0.05) is 0 Å². The standard InChI is InChI=1S/C21H25.C9H13.2ClH.Zr/c1-20(2,3)16-7-9-18-14(12-16)11-15-13-17(21(4,5)6)8-10-19(15)18;1-2-3-6-9-7-4-5-8-9;;;/h7-13H,1-6H3;4,7H,2-3,5-6H2,1H3;2*1H;/q2*-1;;;+4/p-2. The van der Waals surface area contributed by atoms with Crippen LogP contribution in [0.15, 0.2) is 60.2 Å². The second-order valence-electron chi connectivity index (χ2n) is 10.7. The van der Waals surface area contributed by atoms with E-state index in [9.17, 15) is 0 Å². The first-order chi connectivity index (χ1) is 14.1. The Bertz CT molecular complexity index is 1000. The average molecular weight is 561 g/mol. The zero-order valence-electron chi connectivity index (χ0n) is 21.3. The van der Waals surface area contributed by atoms with Gasteiger partial charge in [-0.1, -0.05) is 103 Å². The molecule has 0 atom stereocenters. The summed E-state index contributed by atoms with van der Waals surface area (Å²) in [5, 5.41) is 5.48. The van der Waals surface area contributed by atoms with E-state index in [-0.39, 0.29) is 61.8 Å². The van der Waals surface area contributed by atoms with Gasteiger partial charge in [0.1, 0.15) is 0 Å². The van der Waals surface area contributed by atoms with Crippen molar-refractivity contribution in [2.24, 2.45) is 0 Å². The van der Waals surface area contributed by atoms with Crippen LogP contribution >= 0.6 is 0 Å². The summed E-state index contributed by atoms with van der Waals surface area (Å²) in [6.45, 7) is 15.9. The molecular weight excluding hydrogens is 522 g/mol. The molecule has 0 saturated carbocycles. The molecule has 1 aliphatic rings. The van der Waals surface area contributed by atoms with Gasteiger partial charge in [-0.25, -0.2) is 11.6 Å². The molecule has 4 rings (SSSR count). The summed E-state index contributed by atoms with van der Waals surface area (Å²) in [6.07, 6.45) is 12.5. The Morgan fingerprint density at radius 3 is 1.67 bits per heavy atom. The van der Waals surface area contributed by atoms with E-state index in [0.29, 0.717) is 0 Å². The van der Waals surface area contributed by atoms with Gasteiger partial charge in [-0.3, -0.25) is 6.08 Å². The van der Waals surface area contributed by atoms with Crippen molar-refractivity contribution in [2.45, 2.75) is 85.0 Å². The van der Waals surface area contributed by atoms with Crippen LogP contribution in [0, 0.1) is 6.08 Å². The summed E-state index contributed by atoms with van der Waals surface area (Å²) in [5.41, 5.74) is 4.63. The van der Waals surface area contributed by atoms with Crippen LogP contribution in [0.1, 0.15) is 85.3 Å². The third-order valence-corrected chi connectivity index (χ3v) is 6.00. The zero-order chi connectivity index (χ0) is 21.9. The van der Waals surface area contributed by atoms with Gasteiger partial charge in [0.05, 0.1) is 0 Å². The van der Waals surface area contributed by atoms with Crippen LogP contribution in [0.2, 0.25) is 0 Å². The molecule has 176 valence electrons. The number of allylic oxidation sites excluding steroid dienone is 4. The summed E-state index contributed by atoms with van der Waals surface area (Å²) >= 11 is 0. The van der Waals surface area contributed by atoms with E-state index in [1.165, 1.54) is 57.5 Å². The summed E-state index contributed by atoms with van der Waals surface area (Å²) in [5.74, 6) is 0. The van der Waals surface area contributed by atoms with Crippen LogP contribution in [0.5, 0.6) is 0 Å². The van der Waals surface area contributed by atoms with Crippen molar-refractivity contribution in [2.75, 3.05) is 0 Å². The molecule has 3 heteroatoms. The van der Waals surface area contributed by atoms with Crippen LogP contribution in [-0.2, 0) is 37.0 Å². The normalized spacial score (nSPS) is 12.9. The van der Waals surface area contributed by atoms with Crippen LogP contribution in [0.25, 0.3) is 21.5 Å². The molecule has 0 N–H and O–H groups in total. The first kappa shape index (κ1) is 32.3. The molecule has 0 bridgehead atoms. The molecule has 0 heterocycles. The molecule has 0 radical (unpaired) electrons. The molecule has 3 aromatic rings. The van der Waals surface area contributed by atoms with Gasteiger partial charge in [0.25, 0.3) is 0 Å². The third-order valence-electron chi connectivity index (χ3n) is 6.00. The van der Waals surface area contributed by atoms with Crippen LogP contribution in [-0.4, -0.2) is 0 Å². The molecule has 0 saturated heterocycles. The van der Waals surface area contributed by atoms with Crippen molar-refractivity contribution in [1.82, 2.24) is 0 Å². The van der Waals surface area contributed by atoms with E-state index in [1.54, 1.807) is 0 Å². The van der Waals surface area contributed by atoms with Crippen molar-refractivity contribution in [3.05, 3.63) is 77.4 Å². The molecule has 0 fully saturated rings. The summed E-state index contributed by atoms with van der Waals surface area (Å²) < 4.78 is 0. The SMILES string of the molecule is CC(C)(C)c1ccc2c(c1)[cH-]c1cc(C(C)(C)C)ccc12.CCCCC1=[C-]CC=C1.[Cl-].[Cl-].[Zr+4]. The Balaban J connectivity index is 0.000000733. The molecule has 0 spiro atoms. The maximum atomic E-state index is 3.30. The third kappa shape index (κ3) is 8.45. The maximum Gasteiger partial charge on any atom is 4.00 e. The van der Waals surface area contributed by atoms with Crippen LogP contribution < -0.4 is 24.8 Å². The van der Waals surface area contributed by atoms with Gasteiger partial charge in [-0.2, -0.15) is 6.08 Å². The fraction of sp³-hybridized carbons (Fsp3) is 0.433. The fourth-order valence-corrected chi connectivity index (χ4v) is 3.94. The molecule has 3 aromatic carbocycles. The Labute approximate surface area is 233 Å². The Morgan fingerprint density at radius 2 is 1.30 bits per heavy atom. The molecule has 0 amide bonds. The zero-order valence-corrected chi connectivity index (χ0v) is 25.3. The Hall–Kier alpha value is -0.747. The first-order valence-electron chi connectivity index (χ1n) is 11.5. The van der Waals surface area contributed by atoms with Gasteiger partial charge in [0.15, 0.2) is 0 Å². The van der Waals surface area contributed by atoms with Crippen molar-refractivity contribution < 1.29 is 51.0 Å². The van der Waals surface area contributed by atoms with Crippen LogP contribution in [0.3, 0.4) is 0 Å². The van der Waals surface area contributed by atoms with E-state index in [1.807, 2.05) is 0 Å². The molecule has 0 nitrogen and oxygen atoms in total. The summed E-state index contributed by atoms with van der Waals surface area (Å²) in [4.78, 5) is 0. The van der Waals surface area contributed by atoms with Gasteiger partial charge in [0.2, 0.25) is 0 Å². The van der Waals surface area contributed by atoms with Crippen molar-refractivity contribution in [1.29, 1.82) is 0 Å². The van der Waals surface area contributed by atoms with Gasteiger partial charge < -0.3 is 24.8 Å². The van der Waals surface area contributed by atoms with Crippen molar-refractivity contribution in [3.8, 4) is 0 Å². The second kappa shape index (κ2) is 13.4. The molecular formula is C30H38Cl2Zr. The number of unbranched alkanes of at least 4 members (excludes halogenated alkanes) is 1. The molecule has 33 heavy (non-hydrogen) atoms. The minimum Gasteiger partial charge on any atom is -1.00 e. The summed E-state index contributed by atoms with van der Waals surface area (Å²) in [6, 6.07) is 16.2. The topological polar surface area (TPSA) is 0 Å². The van der Waals surface area contributed by atoms with Gasteiger partial charge >= 0.3 is 26.2 Å². The summed E-state index contributed by atoms with van der Waals surface area (Å²) in [7, 11) is 0. The predicted octanol–water partition coefficient (Wildman–Crippen LogP) is 3.18. The number of hydrogen-bond donors (Lipinski definition) is 0. The minimum absolute atomic E-state index is 0. The average Bonchev–Trinajstić information content (AvgIpc) is 3.31. The van der Waals surface area contributed by atoms with Crippen molar-refractivity contribution >= 4 is 21.5 Å². The Morgan fingerprint density at radius 1 is 0.818 bits per heavy atom. The smallest absolute Gasteiger partial charge is 1.00 e. The molecule has 0 aromatic heterocycles. The monoisotopic (exact) mass is 558 g/mol.